The van der Waals surface area contributed by atoms with Crippen LogP contribution in [0.15, 0.2) is 12.2 Å². The predicted octanol–water partition coefficient (Wildman–Crippen LogP) is 6.40. The number of allylic oxidation sites excluding steroid dienone is 2. The molecule has 2 heterocycles. The summed E-state index contributed by atoms with van der Waals surface area (Å²) in [5.74, 6) is -1.49. The van der Waals surface area contributed by atoms with Gasteiger partial charge in [-0.05, 0) is 59.8 Å². The first-order chi connectivity index (χ1) is 21.3. The molecule has 2 N–H and O–H groups in total. The normalized spacial score (nSPS) is 28.3. The number of amides is 1. The SMILES string of the molecule is CCCCCCCC/C=C\CCCCCCCCO[C@H]1O[C@H](COS(=O)(=O)O)[C@H]2OC(C)(C)C(C)(OCC)O[C@@H]2C1NC(C)=O. The van der Waals surface area contributed by atoms with Crippen LogP contribution < -0.4 is 5.32 Å². The highest BCUT2D eigenvalue weighted by Gasteiger charge is 2.60. The fourth-order valence-electron chi connectivity index (χ4n) is 5.88. The van der Waals surface area contributed by atoms with Crippen LogP contribution in [0.1, 0.15) is 131 Å². The zero-order chi connectivity index (χ0) is 33.3. The maximum atomic E-state index is 12.2. The highest BCUT2D eigenvalue weighted by molar-refractivity contribution is 7.80. The van der Waals surface area contributed by atoms with Crippen LogP contribution in [0.5, 0.6) is 0 Å². The van der Waals surface area contributed by atoms with Crippen LogP contribution in [0.3, 0.4) is 0 Å². The molecule has 11 nitrogen and oxygen atoms in total. The zero-order valence-corrected chi connectivity index (χ0v) is 29.4. The van der Waals surface area contributed by atoms with E-state index >= 15 is 0 Å². The fourth-order valence-corrected chi connectivity index (χ4v) is 6.19. The maximum Gasteiger partial charge on any atom is 0.397 e. The Kier molecular flexibility index (Phi) is 18.1. The van der Waals surface area contributed by atoms with Crippen molar-refractivity contribution in [3.8, 4) is 0 Å². The Morgan fingerprint density at radius 1 is 0.867 bits per heavy atom. The van der Waals surface area contributed by atoms with Gasteiger partial charge in [0.1, 0.15) is 30.0 Å². The second-order valence-corrected chi connectivity index (χ2v) is 13.9. The molecular weight excluding hydrogens is 602 g/mol. The van der Waals surface area contributed by atoms with Gasteiger partial charge in [-0.3, -0.25) is 9.35 Å². The molecule has 0 spiro atoms. The summed E-state index contributed by atoms with van der Waals surface area (Å²) in [6.45, 7) is 11.0. The summed E-state index contributed by atoms with van der Waals surface area (Å²) in [5.41, 5.74) is -0.970. The van der Waals surface area contributed by atoms with Crippen molar-refractivity contribution in [3.63, 3.8) is 0 Å². The second-order valence-electron chi connectivity index (χ2n) is 12.8. The third kappa shape index (κ3) is 14.3. The van der Waals surface area contributed by atoms with Gasteiger partial charge in [-0.15, -0.1) is 0 Å². The lowest BCUT2D eigenvalue weighted by Crippen LogP contribution is -2.74. The average molecular weight is 664 g/mol. The molecule has 0 aliphatic carbocycles. The Balaban J connectivity index is 1.84. The average Bonchev–Trinajstić information content (AvgIpc) is 2.95. The quantitative estimate of drug-likeness (QED) is 0.0717. The molecule has 2 aliphatic heterocycles. The monoisotopic (exact) mass is 663 g/mol. The number of hydrogen-bond donors (Lipinski definition) is 2. The molecule has 2 aliphatic rings. The number of carbonyl (C=O) groups excluding carboxylic acids is 1. The van der Waals surface area contributed by atoms with E-state index < -0.39 is 59.0 Å². The molecule has 1 amide bonds. The molecule has 0 aromatic rings. The van der Waals surface area contributed by atoms with Crippen LogP contribution in [0, 0.1) is 0 Å². The Labute approximate surface area is 272 Å². The van der Waals surface area contributed by atoms with Crippen LogP contribution in [0.25, 0.3) is 0 Å². The predicted molar refractivity (Wildman–Crippen MR) is 173 cm³/mol. The Hall–Kier alpha value is -1.12. The number of rotatable bonds is 23. The Bertz CT molecular complexity index is 975. The Morgan fingerprint density at radius 3 is 2.00 bits per heavy atom. The van der Waals surface area contributed by atoms with E-state index in [2.05, 4.69) is 28.6 Å². The van der Waals surface area contributed by atoms with E-state index in [-0.39, 0.29) is 5.91 Å². The summed E-state index contributed by atoms with van der Waals surface area (Å²) in [6, 6.07) is -0.764. The highest BCUT2D eigenvalue weighted by Crippen LogP contribution is 2.43. The number of unbranched alkanes of at least 4 members (excludes halogenated alkanes) is 12. The zero-order valence-electron chi connectivity index (χ0n) is 28.6. The molecule has 0 bridgehead atoms. The van der Waals surface area contributed by atoms with Gasteiger partial charge < -0.3 is 29.0 Å². The molecule has 2 fully saturated rings. The summed E-state index contributed by atoms with van der Waals surface area (Å²) in [6.07, 6.45) is 17.9. The summed E-state index contributed by atoms with van der Waals surface area (Å²) < 4.78 is 67.7. The first kappa shape index (κ1) is 40.1. The third-order valence-corrected chi connectivity index (χ3v) is 9.07. The van der Waals surface area contributed by atoms with Gasteiger partial charge in [-0.25, -0.2) is 4.18 Å². The highest BCUT2D eigenvalue weighted by atomic mass is 32.3. The van der Waals surface area contributed by atoms with Crippen LogP contribution in [-0.2, 0) is 43.1 Å². The minimum absolute atomic E-state index is 0.313. The third-order valence-electron chi connectivity index (χ3n) is 8.64. The van der Waals surface area contributed by atoms with Crippen molar-refractivity contribution in [3.05, 3.63) is 12.2 Å². The largest absolute Gasteiger partial charge is 0.397 e. The summed E-state index contributed by atoms with van der Waals surface area (Å²) >= 11 is 0. The van der Waals surface area contributed by atoms with Gasteiger partial charge >= 0.3 is 10.4 Å². The van der Waals surface area contributed by atoms with Crippen molar-refractivity contribution >= 4 is 16.3 Å². The molecule has 12 heteroatoms. The topological polar surface area (TPSA) is 139 Å². The van der Waals surface area contributed by atoms with Crippen molar-refractivity contribution < 1.29 is 45.6 Å². The molecular formula is C33H61NO10S. The van der Waals surface area contributed by atoms with Gasteiger partial charge in [-0.2, -0.15) is 8.42 Å². The molecule has 6 atom stereocenters. The number of fused-ring (bicyclic) bond motifs is 1. The van der Waals surface area contributed by atoms with E-state index in [0.29, 0.717) is 13.2 Å². The molecule has 45 heavy (non-hydrogen) atoms. The van der Waals surface area contributed by atoms with Crippen LogP contribution in [-0.4, -0.2) is 80.7 Å². The van der Waals surface area contributed by atoms with Crippen LogP contribution >= 0.6 is 0 Å². The molecule has 0 radical (unpaired) electrons. The lowest BCUT2D eigenvalue weighted by atomic mass is 9.89. The first-order valence-corrected chi connectivity index (χ1v) is 18.5. The van der Waals surface area contributed by atoms with Gasteiger partial charge in [0.25, 0.3) is 0 Å². The lowest BCUT2D eigenvalue weighted by Gasteiger charge is -2.57. The number of carbonyl (C=O) groups is 1. The minimum atomic E-state index is -4.73. The first-order valence-electron chi connectivity index (χ1n) is 17.1. The van der Waals surface area contributed by atoms with Crippen molar-refractivity contribution in [2.75, 3.05) is 19.8 Å². The number of ether oxygens (including phenoxy) is 5. The van der Waals surface area contributed by atoms with Crippen LogP contribution in [0.4, 0.5) is 0 Å². The summed E-state index contributed by atoms with van der Waals surface area (Å²) in [4.78, 5) is 12.2. The number of hydrogen-bond acceptors (Lipinski definition) is 9. The van der Waals surface area contributed by atoms with E-state index in [1.54, 1.807) is 20.8 Å². The van der Waals surface area contributed by atoms with E-state index in [1.807, 2.05) is 6.92 Å². The van der Waals surface area contributed by atoms with E-state index in [4.69, 9.17) is 23.7 Å². The van der Waals surface area contributed by atoms with Gasteiger partial charge in [0.2, 0.25) is 5.91 Å². The molecule has 0 aromatic heterocycles. The lowest BCUT2D eigenvalue weighted by molar-refractivity contribution is -0.423. The summed E-state index contributed by atoms with van der Waals surface area (Å²) in [7, 11) is -4.73. The van der Waals surface area contributed by atoms with Gasteiger partial charge in [0, 0.05) is 20.1 Å². The van der Waals surface area contributed by atoms with E-state index in [1.165, 1.54) is 64.7 Å². The Morgan fingerprint density at radius 2 is 1.44 bits per heavy atom. The number of nitrogens with one attached hydrogen (secondary N) is 1. The standard InChI is InChI=1S/C33H61NO10S/c1-7-9-10-11-12-13-14-15-16-17-18-19-20-21-22-23-24-39-31-28(34-26(3)35)30-29(27(42-31)25-41-45(36,37)38)43-32(4,5)33(6,44-30)40-8-2/h15-16,27-31H,7-14,17-25H2,1-6H3,(H,34,35)(H,36,37,38)/b16-15-/t27-,28?,29-,30-,31+,33?/m1/s1. The molecule has 264 valence electrons. The molecule has 0 aromatic carbocycles. The van der Waals surface area contributed by atoms with Gasteiger partial charge in [-0.1, -0.05) is 76.9 Å². The van der Waals surface area contributed by atoms with Gasteiger partial charge in [0.05, 0.1) is 6.61 Å². The molecule has 2 unspecified atom stereocenters. The summed E-state index contributed by atoms with van der Waals surface area (Å²) in [5, 5.41) is 2.87. The smallest absolute Gasteiger partial charge is 0.361 e. The second kappa shape index (κ2) is 20.3. The van der Waals surface area contributed by atoms with Crippen molar-refractivity contribution in [2.24, 2.45) is 0 Å². The van der Waals surface area contributed by atoms with Gasteiger partial charge in [0.15, 0.2) is 12.1 Å². The molecule has 0 saturated carbocycles. The molecule has 2 saturated heterocycles. The van der Waals surface area contributed by atoms with Crippen LogP contribution in [0.2, 0.25) is 0 Å². The fraction of sp³-hybridized carbons (Fsp3) is 0.909. The van der Waals surface area contributed by atoms with E-state index in [9.17, 15) is 17.8 Å². The maximum absolute atomic E-state index is 12.2. The van der Waals surface area contributed by atoms with Crippen molar-refractivity contribution in [2.45, 2.75) is 173 Å². The molecule has 2 rings (SSSR count). The van der Waals surface area contributed by atoms with Crippen molar-refractivity contribution in [1.82, 2.24) is 5.32 Å². The van der Waals surface area contributed by atoms with Crippen molar-refractivity contribution in [1.29, 1.82) is 0 Å². The minimum Gasteiger partial charge on any atom is -0.361 e. The van der Waals surface area contributed by atoms with E-state index in [0.717, 1.165) is 32.1 Å².